The Hall–Kier alpha value is -1.51. The summed E-state index contributed by atoms with van der Waals surface area (Å²) in [6, 6.07) is 5.85. The molecule has 0 saturated heterocycles. The second-order valence-electron chi connectivity index (χ2n) is 7.91. The van der Waals surface area contributed by atoms with Crippen molar-refractivity contribution in [3.63, 3.8) is 0 Å². The van der Waals surface area contributed by atoms with E-state index in [1.807, 2.05) is 6.07 Å². The average Bonchev–Trinajstić information content (AvgIpc) is 2.57. The first-order chi connectivity index (χ1) is 11.5. The number of benzene rings is 2. The Kier molecular flexibility index (Phi) is 4.06. The van der Waals surface area contributed by atoms with Gasteiger partial charge in [0.05, 0.1) is 5.39 Å². The van der Waals surface area contributed by atoms with E-state index in [0.29, 0.717) is 11.3 Å². The Balaban J connectivity index is 1.64. The highest BCUT2D eigenvalue weighted by Crippen LogP contribution is 2.47. The topological polar surface area (TPSA) is 0 Å². The number of halogens is 3. The van der Waals surface area contributed by atoms with E-state index in [4.69, 9.17) is 0 Å². The van der Waals surface area contributed by atoms with Crippen molar-refractivity contribution in [2.45, 2.75) is 51.4 Å². The highest BCUT2D eigenvalue weighted by atomic mass is 19.2. The maximum atomic E-state index is 14.4. The molecule has 0 bridgehead atoms. The van der Waals surface area contributed by atoms with Crippen LogP contribution in [-0.2, 0) is 0 Å². The van der Waals surface area contributed by atoms with Crippen molar-refractivity contribution in [2.75, 3.05) is 0 Å². The summed E-state index contributed by atoms with van der Waals surface area (Å²) >= 11 is 0. The number of rotatable bonds is 1. The lowest BCUT2D eigenvalue weighted by Gasteiger charge is -2.41. The zero-order valence-corrected chi connectivity index (χ0v) is 14.0. The third kappa shape index (κ3) is 2.72. The molecule has 2 aromatic carbocycles. The second-order valence-corrected chi connectivity index (χ2v) is 7.91. The zero-order chi connectivity index (χ0) is 16.8. The molecule has 0 nitrogen and oxygen atoms in total. The van der Waals surface area contributed by atoms with Crippen LogP contribution in [-0.4, -0.2) is 0 Å². The van der Waals surface area contributed by atoms with E-state index < -0.39 is 17.5 Å². The van der Waals surface area contributed by atoms with Gasteiger partial charge in [0, 0.05) is 0 Å². The molecule has 3 heteroatoms. The normalized spacial score (nSPS) is 30.3. The Morgan fingerprint density at radius 1 is 0.833 bits per heavy atom. The van der Waals surface area contributed by atoms with E-state index in [1.165, 1.54) is 37.8 Å². The van der Waals surface area contributed by atoms with Crippen LogP contribution in [0.15, 0.2) is 24.3 Å². The van der Waals surface area contributed by atoms with Crippen LogP contribution in [0.5, 0.6) is 0 Å². The first-order valence-electron chi connectivity index (χ1n) is 9.10. The standard InChI is InChI=1S/C21H23F3/c1-12-2-3-14-9-15(5-4-13(14)8-12)17-10-16-6-7-18(22)21(24)20(16)19(23)11-17/h6-7,10-15H,2-5,8-9H2,1H3. The van der Waals surface area contributed by atoms with Crippen molar-refractivity contribution < 1.29 is 13.2 Å². The van der Waals surface area contributed by atoms with Gasteiger partial charge in [0.2, 0.25) is 0 Å². The summed E-state index contributed by atoms with van der Waals surface area (Å²) < 4.78 is 41.7. The molecule has 0 spiro atoms. The van der Waals surface area contributed by atoms with Gasteiger partial charge in [0.15, 0.2) is 11.6 Å². The Morgan fingerprint density at radius 3 is 2.42 bits per heavy atom. The van der Waals surface area contributed by atoms with Gasteiger partial charge >= 0.3 is 0 Å². The van der Waals surface area contributed by atoms with Crippen LogP contribution in [0.2, 0.25) is 0 Å². The molecule has 4 atom stereocenters. The van der Waals surface area contributed by atoms with Crippen LogP contribution in [0, 0.1) is 35.2 Å². The quantitative estimate of drug-likeness (QED) is 0.553. The first kappa shape index (κ1) is 16.0. The van der Waals surface area contributed by atoms with Gasteiger partial charge in [0.1, 0.15) is 5.82 Å². The maximum absolute atomic E-state index is 14.4. The number of hydrogen-bond acceptors (Lipinski definition) is 0. The van der Waals surface area contributed by atoms with Gasteiger partial charge in [-0.1, -0.05) is 25.5 Å². The smallest absolute Gasteiger partial charge is 0.169 e. The zero-order valence-electron chi connectivity index (χ0n) is 14.0. The third-order valence-electron chi connectivity index (χ3n) is 6.33. The van der Waals surface area contributed by atoms with Crippen LogP contribution in [0.3, 0.4) is 0 Å². The molecule has 2 aliphatic carbocycles. The van der Waals surface area contributed by atoms with E-state index in [2.05, 4.69) is 6.92 Å². The summed E-state index contributed by atoms with van der Waals surface area (Å²) in [5.41, 5.74) is 0.947. The van der Waals surface area contributed by atoms with Gasteiger partial charge in [-0.2, -0.15) is 0 Å². The van der Waals surface area contributed by atoms with Crippen molar-refractivity contribution in [1.29, 1.82) is 0 Å². The van der Waals surface area contributed by atoms with Gasteiger partial charge in [0.25, 0.3) is 0 Å². The van der Waals surface area contributed by atoms with E-state index in [1.54, 1.807) is 0 Å². The first-order valence-corrected chi connectivity index (χ1v) is 9.10. The summed E-state index contributed by atoms with van der Waals surface area (Å²) in [5.74, 6) is 0.0161. The molecule has 0 aromatic heterocycles. The Bertz CT molecular complexity index is 767. The van der Waals surface area contributed by atoms with Gasteiger partial charge in [-0.05, 0) is 78.9 Å². The lowest BCUT2D eigenvalue weighted by Crippen LogP contribution is -2.29. The molecule has 4 rings (SSSR count). The maximum Gasteiger partial charge on any atom is 0.169 e. The van der Waals surface area contributed by atoms with Gasteiger partial charge in [-0.15, -0.1) is 0 Å². The van der Waals surface area contributed by atoms with Gasteiger partial charge in [-0.3, -0.25) is 0 Å². The van der Waals surface area contributed by atoms with E-state index in [9.17, 15) is 13.2 Å². The van der Waals surface area contributed by atoms with Gasteiger partial charge < -0.3 is 0 Å². The molecule has 0 amide bonds. The molecule has 0 heterocycles. The van der Waals surface area contributed by atoms with Crippen molar-refractivity contribution in [1.82, 2.24) is 0 Å². The highest BCUT2D eigenvalue weighted by Gasteiger charge is 2.35. The largest absolute Gasteiger partial charge is 0.206 e. The lowest BCUT2D eigenvalue weighted by molar-refractivity contribution is 0.124. The summed E-state index contributed by atoms with van der Waals surface area (Å²) in [6.07, 6.45) is 7.28. The summed E-state index contributed by atoms with van der Waals surface area (Å²) in [5, 5.41) is 0.238. The highest BCUT2D eigenvalue weighted by molar-refractivity contribution is 5.84. The molecule has 2 aliphatic rings. The van der Waals surface area contributed by atoms with Crippen LogP contribution >= 0.6 is 0 Å². The van der Waals surface area contributed by atoms with Crippen molar-refractivity contribution in [3.8, 4) is 0 Å². The summed E-state index contributed by atoms with van der Waals surface area (Å²) in [4.78, 5) is 0. The molecular formula is C21H23F3. The Labute approximate surface area is 141 Å². The molecule has 0 radical (unpaired) electrons. The van der Waals surface area contributed by atoms with Crippen LogP contribution in [0.1, 0.15) is 56.9 Å². The van der Waals surface area contributed by atoms with Crippen LogP contribution < -0.4 is 0 Å². The predicted octanol–water partition coefficient (Wildman–Crippen LogP) is 6.58. The SMILES string of the molecule is CC1CCC2CC(c3cc(F)c4c(F)c(F)ccc4c3)CCC2C1. The van der Waals surface area contributed by atoms with Crippen LogP contribution in [0.25, 0.3) is 10.8 Å². The Morgan fingerprint density at radius 2 is 1.58 bits per heavy atom. The number of fused-ring (bicyclic) bond motifs is 2. The van der Waals surface area contributed by atoms with Crippen molar-refractivity contribution in [2.24, 2.45) is 17.8 Å². The average molecular weight is 332 g/mol. The summed E-state index contributed by atoms with van der Waals surface area (Å²) in [6.45, 7) is 2.34. The molecule has 0 aliphatic heterocycles. The molecule has 2 fully saturated rings. The monoisotopic (exact) mass is 332 g/mol. The molecule has 128 valence electrons. The molecular weight excluding hydrogens is 309 g/mol. The molecule has 24 heavy (non-hydrogen) atoms. The third-order valence-corrected chi connectivity index (χ3v) is 6.33. The van der Waals surface area contributed by atoms with E-state index in [0.717, 1.165) is 42.2 Å². The molecule has 2 aromatic rings. The minimum absolute atomic E-state index is 0.223. The predicted molar refractivity (Wildman–Crippen MR) is 90.4 cm³/mol. The molecule has 0 N–H and O–H groups in total. The second kappa shape index (κ2) is 6.09. The molecule has 2 saturated carbocycles. The summed E-state index contributed by atoms with van der Waals surface area (Å²) in [7, 11) is 0. The minimum Gasteiger partial charge on any atom is -0.206 e. The number of hydrogen-bond donors (Lipinski definition) is 0. The fourth-order valence-corrected chi connectivity index (χ4v) is 5.03. The van der Waals surface area contributed by atoms with Crippen molar-refractivity contribution in [3.05, 3.63) is 47.3 Å². The minimum atomic E-state index is -1.08. The fraction of sp³-hybridized carbons (Fsp3) is 0.524. The van der Waals surface area contributed by atoms with Crippen LogP contribution in [0.4, 0.5) is 13.2 Å². The van der Waals surface area contributed by atoms with E-state index >= 15 is 0 Å². The molecule has 4 unspecified atom stereocenters. The fourth-order valence-electron chi connectivity index (χ4n) is 5.03. The lowest BCUT2D eigenvalue weighted by atomic mass is 9.64. The van der Waals surface area contributed by atoms with E-state index in [-0.39, 0.29) is 5.39 Å². The van der Waals surface area contributed by atoms with Gasteiger partial charge in [-0.25, -0.2) is 13.2 Å². The van der Waals surface area contributed by atoms with Crippen molar-refractivity contribution >= 4 is 10.8 Å².